The lowest BCUT2D eigenvalue weighted by Crippen LogP contribution is -2.27. The Morgan fingerprint density at radius 1 is 1.21 bits per heavy atom. The molecule has 0 spiro atoms. The van der Waals surface area contributed by atoms with Gasteiger partial charge in [0, 0.05) is 34.3 Å². The Hall–Kier alpha value is -1.86. The summed E-state index contributed by atoms with van der Waals surface area (Å²) in [6.45, 7) is 0.335. The topological polar surface area (TPSA) is 48.3 Å². The molecule has 1 heterocycles. The Morgan fingerprint density at radius 2 is 1.96 bits per heavy atom. The molecule has 1 aromatic carbocycles. The lowest BCUT2D eigenvalue weighted by atomic mass is 9.98. The minimum Gasteiger partial charge on any atom is -0.373 e. The van der Waals surface area contributed by atoms with Gasteiger partial charge in [0.2, 0.25) is 0 Å². The number of pyridine rings is 1. The van der Waals surface area contributed by atoms with Crippen molar-refractivity contribution in [1.82, 2.24) is 4.57 Å². The second kappa shape index (κ2) is 7.87. The van der Waals surface area contributed by atoms with Crippen molar-refractivity contribution in [2.75, 3.05) is 13.2 Å². The third-order valence-electron chi connectivity index (χ3n) is 5.19. The standard InChI is InChI=1S/C21H20BrF2NO3/c22-14-4-3-13(18(23)8-14)7-16-17(19(26)11-28-10-12-1-2-12)9-25(15-5-6-15)21(27)20(16)24/h3-4,8-9,12,15H,1-2,5-7,10-11H2. The summed E-state index contributed by atoms with van der Waals surface area (Å²) in [4.78, 5) is 25.2. The molecular weight excluding hydrogens is 432 g/mol. The third kappa shape index (κ3) is 4.25. The Labute approximate surface area is 169 Å². The molecule has 0 atom stereocenters. The highest BCUT2D eigenvalue weighted by Crippen LogP contribution is 2.34. The van der Waals surface area contributed by atoms with Crippen LogP contribution in [0.5, 0.6) is 0 Å². The summed E-state index contributed by atoms with van der Waals surface area (Å²) in [5.41, 5.74) is -0.505. The van der Waals surface area contributed by atoms with Crippen LogP contribution >= 0.6 is 15.9 Å². The van der Waals surface area contributed by atoms with Gasteiger partial charge in [0.15, 0.2) is 11.6 Å². The molecule has 148 valence electrons. The molecule has 2 aliphatic rings. The summed E-state index contributed by atoms with van der Waals surface area (Å²) in [6.07, 6.45) is 5.03. The highest BCUT2D eigenvalue weighted by Gasteiger charge is 2.30. The minimum atomic E-state index is -0.984. The van der Waals surface area contributed by atoms with E-state index < -0.39 is 17.2 Å². The van der Waals surface area contributed by atoms with Crippen molar-refractivity contribution in [3.05, 3.63) is 67.5 Å². The van der Waals surface area contributed by atoms with E-state index in [-0.39, 0.29) is 41.5 Å². The van der Waals surface area contributed by atoms with Crippen LogP contribution in [0.3, 0.4) is 0 Å². The maximum Gasteiger partial charge on any atom is 0.287 e. The number of Topliss-reactive ketones (excluding diaryl/α,β-unsaturated/α-hetero) is 1. The lowest BCUT2D eigenvalue weighted by Gasteiger charge is -2.14. The molecule has 0 amide bonds. The lowest BCUT2D eigenvalue weighted by molar-refractivity contribution is 0.0737. The van der Waals surface area contributed by atoms with Crippen LogP contribution in [0.15, 0.2) is 33.7 Å². The maximum atomic E-state index is 15.0. The molecule has 4 nitrogen and oxygen atoms in total. The number of hydrogen-bond acceptors (Lipinski definition) is 3. The van der Waals surface area contributed by atoms with E-state index in [1.165, 1.54) is 22.9 Å². The van der Waals surface area contributed by atoms with Crippen LogP contribution in [-0.4, -0.2) is 23.6 Å². The van der Waals surface area contributed by atoms with Crippen molar-refractivity contribution in [2.24, 2.45) is 5.92 Å². The van der Waals surface area contributed by atoms with Gasteiger partial charge in [-0.25, -0.2) is 8.78 Å². The Bertz CT molecular complexity index is 980. The molecule has 0 N–H and O–H groups in total. The Kier molecular flexibility index (Phi) is 5.47. The normalized spacial score (nSPS) is 16.4. The van der Waals surface area contributed by atoms with Gasteiger partial charge in [-0.15, -0.1) is 0 Å². The molecule has 7 heteroatoms. The van der Waals surface area contributed by atoms with E-state index >= 15 is 0 Å². The molecular formula is C21H20BrF2NO3. The first kappa shape index (κ1) is 19.5. The van der Waals surface area contributed by atoms with Crippen LogP contribution in [0.1, 0.15) is 53.2 Å². The van der Waals surface area contributed by atoms with Crippen LogP contribution in [0, 0.1) is 17.6 Å². The smallest absolute Gasteiger partial charge is 0.287 e. The van der Waals surface area contributed by atoms with E-state index in [9.17, 15) is 18.4 Å². The molecule has 0 aliphatic heterocycles. The van der Waals surface area contributed by atoms with Crippen LogP contribution < -0.4 is 5.56 Å². The number of nitrogens with zero attached hydrogens (tertiary/aromatic N) is 1. The van der Waals surface area contributed by atoms with Gasteiger partial charge in [-0.1, -0.05) is 22.0 Å². The van der Waals surface area contributed by atoms with Crippen LogP contribution in [0.25, 0.3) is 0 Å². The molecule has 1 aromatic heterocycles. The molecule has 2 saturated carbocycles. The first-order valence-corrected chi connectivity index (χ1v) is 10.2. The summed E-state index contributed by atoms with van der Waals surface area (Å²) in [5, 5.41) is 0. The zero-order chi connectivity index (χ0) is 19.8. The first-order chi connectivity index (χ1) is 13.4. The molecule has 0 saturated heterocycles. The SMILES string of the molecule is O=C(COCC1CC1)c1cn(C2CC2)c(=O)c(F)c1Cc1ccc(Br)cc1F. The Balaban J connectivity index is 1.68. The van der Waals surface area contributed by atoms with E-state index in [1.54, 1.807) is 6.07 Å². The van der Waals surface area contributed by atoms with Crippen LogP contribution in [0.2, 0.25) is 0 Å². The van der Waals surface area contributed by atoms with Gasteiger partial charge >= 0.3 is 0 Å². The van der Waals surface area contributed by atoms with Gasteiger partial charge in [0.1, 0.15) is 12.4 Å². The summed E-state index contributed by atoms with van der Waals surface area (Å²) in [7, 11) is 0. The van der Waals surface area contributed by atoms with E-state index in [2.05, 4.69) is 15.9 Å². The zero-order valence-corrected chi connectivity index (χ0v) is 16.8. The largest absolute Gasteiger partial charge is 0.373 e. The number of ether oxygens (including phenoxy) is 1. The number of benzene rings is 1. The molecule has 4 rings (SSSR count). The minimum absolute atomic E-state index is 0.0665. The van der Waals surface area contributed by atoms with Crippen molar-refractivity contribution in [1.29, 1.82) is 0 Å². The fourth-order valence-corrected chi connectivity index (χ4v) is 3.54. The van der Waals surface area contributed by atoms with Gasteiger partial charge in [0.25, 0.3) is 5.56 Å². The molecule has 28 heavy (non-hydrogen) atoms. The monoisotopic (exact) mass is 451 g/mol. The number of halogens is 3. The highest BCUT2D eigenvalue weighted by atomic mass is 79.9. The van der Waals surface area contributed by atoms with Gasteiger partial charge in [-0.2, -0.15) is 0 Å². The van der Waals surface area contributed by atoms with E-state index in [4.69, 9.17) is 4.74 Å². The van der Waals surface area contributed by atoms with Crippen molar-refractivity contribution in [3.63, 3.8) is 0 Å². The molecule has 2 fully saturated rings. The molecule has 0 unspecified atom stereocenters. The third-order valence-corrected chi connectivity index (χ3v) is 5.68. The predicted molar refractivity (Wildman–Crippen MR) is 104 cm³/mol. The number of ketones is 1. The molecule has 0 bridgehead atoms. The number of aromatic nitrogens is 1. The number of rotatable bonds is 8. The summed E-state index contributed by atoms with van der Waals surface area (Å²) >= 11 is 3.18. The van der Waals surface area contributed by atoms with E-state index in [1.807, 2.05) is 0 Å². The molecule has 2 aromatic rings. The highest BCUT2D eigenvalue weighted by molar-refractivity contribution is 9.10. The average Bonchev–Trinajstić information content (AvgIpc) is 3.54. The van der Waals surface area contributed by atoms with E-state index in [0.717, 1.165) is 25.7 Å². The first-order valence-electron chi connectivity index (χ1n) is 9.42. The quantitative estimate of drug-likeness (QED) is 0.558. The zero-order valence-electron chi connectivity index (χ0n) is 15.2. The van der Waals surface area contributed by atoms with Crippen molar-refractivity contribution in [3.8, 4) is 0 Å². The Morgan fingerprint density at radius 3 is 2.61 bits per heavy atom. The summed E-state index contributed by atoms with van der Waals surface area (Å²) < 4.78 is 36.6. The average molecular weight is 452 g/mol. The van der Waals surface area contributed by atoms with Crippen molar-refractivity contribution >= 4 is 21.7 Å². The van der Waals surface area contributed by atoms with Crippen LogP contribution in [-0.2, 0) is 11.2 Å². The number of hydrogen-bond donors (Lipinski definition) is 0. The maximum absolute atomic E-state index is 15.0. The predicted octanol–water partition coefficient (Wildman–Crippen LogP) is 4.42. The molecule has 2 aliphatic carbocycles. The van der Waals surface area contributed by atoms with Crippen LogP contribution in [0.4, 0.5) is 8.78 Å². The second-order valence-corrected chi connectivity index (χ2v) is 8.49. The number of carbonyl (C=O) groups is 1. The van der Waals surface area contributed by atoms with Crippen molar-refractivity contribution < 1.29 is 18.3 Å². The fourth-order valence-electron chi connectivity index (χ4n) is 3.21. The van der Waals surface area contributed by atoms with E-state index in [0.29, 0.717) is 17.0 Å². The van der Waals surface area contributed by atoms with Gasteiger partial charge < -0.3 is 9.30 Å². The second-order valence-electron chi connectivity index (χ2n) is 7.57. The van der Waals surface area contributed by atoms with Gasteiger partial charge in [0.05, 0.1) is 6.61 Å². The van der Waals surface area contributed by atoms with Gasteiger partial charge in [-0.3, -0.25) is 9.59 Å². The summed E-state index contributed by atoms with van der Waals surface area (Å²) in [6, 6.07) is 4.36. The van der Waals surface area contributed by atoms with Gasteiger partial charge in [-0.05, 0) is 49.3 Å². The number of carbonyl (C=O) groups excluding carboxylic acids is 1. The van der Waals surface area contributed by atoms with Crippen molar-refractivity contribution in [2.45, 2.75) is 38.1 Å². The molecule has 0 radical (unpaired) electrons. The summed E-state index contributed by atoms with van der Waals surface area (Å²) in [5.74, 6) is -1.39. The fraction of sp³-hybridized carbons (Fsp3) is 0.429.